The second-order valence-corrected chi connectivity index (χ2v) is 6.68. The molecule has 1 N–H and O–H groups in total. The fourth-order valence-corrected chi connectivity index (χ4v) is 3.11. The molecule has 0 saturated carbocycles. The van der Waals surface area contributed by atoms with Gasteiger partial charge in [0.1, 0.15) is 0 Å². The van der Waals surface area contributed by atoms with Crippen molar-refractivity contribution in [3.8, 4) is 11.5 Å². The normalized spacial score (nSPS) is 18.2. The van der Waals surface area contributed by atoms with Gasteiger partial charge in [0.15, 0.2) is 5.82 Å². The van der Waals surface area contributed by atoms with Crippen molar-refractivity contribution < 1.29 is 9.63 Å². The number of imidazole rings is 1. The highest BCUT2D eigenvalue weighted by Crippen LogP contribution is 2.28. The summed E-state index contributed by atoms with van der Waals surface area (Å²) in [5.74, 6) is 2.34. The molecule has 0 aliphatic carbocycles. The van der Waals surface area contributed by atoms with Gasteiger partial charge in [0.25, 0.3) is 5.89 Å². The van der Waals surface area contributed by atoms with E-state index in [9.17, 15) is 5.11 Å². The molecule has 0 unspecified atom stereocenters. The van der Waals surface area contributed by atoms with Crippen LogP contribution < -0.4 is 4.90 Å². The third-order valence-electron chi connectivity index (χ3n) is 4.51. The highest BCUT2D eigenvalue weighted by Gasteiger charge is 2.24. The minimum absolute atomic E-state index is 0.231. The number of fused-ring (bicyclic) bond motifs is 1. The largest absolute Gasteiger partial charge is 0.391 e. The summed E-state index contributed by atoms with van der Waals surface area (Å²) >= 11 is 0. The quantitative estimate of drug-likeness (QED) is 0.795. The number of hydrogen-bond donors (Lipinski definition) is 1. The topological polar surface area (TPSA) is 80.2 Å². The first-order valence-electron chi connectivity index (χ1n) is 8.26. The molecule has 0 amide bonds. The van der Waals surface area contributed by atoms with Gasteiger partial charge < -0.3 is 19.1 Å². The number of aromatic nitrogens is 4. The minimum Gasteiger partial charge on any atom is -0.391 e. The van der Waals surface area contributed by atoms with Gasteiger partial charge in [-0.05, 0) is 24.6 Å². The highest BCUT2D eigenvalue weighted by molar-refractivity contribution is 5.83. The van der Waals surface area contributed by atoms with E-state index >= 15 is 0 Å². The lowest BCUT2D eigenvalue weighted by molar-refractivity contribution is 0.198. The van der Waals surface area contributed by atoms with Gasteiger partial charge in [-0.3, -0.25) is 0 Å². The number of β-amino-alcohol motifs (C(OH)–C–C–N with tert-alkyl or cyclic N) is 1. The van der Waals surface area contributed by atoms with Crippen molar-refractivity contribution in [1.82, 2.24) is 19.7 Å². The zero-order chi connectivity index (χ0) is 16.8. The maximum absolute atomic E-state index is 9.76. The predicted octanol–water partition coefficient (Wildman–Crippen LogP) is 2.32. The Morgan fingerprint density at radius 2 is 2.12 bits per heavy atom. The summed E-state index contributed by atoms with van der Waals surface area (Å²) < 4.78 is 7.43. The van der Waals surface area contributed by atoms with Crippen LogP contribution in [0.4, 0.5) is 5.95 Å². The van der Waals surface area contributed by atoms with Crippen LogP contribution in [-0.4, -0.2) is 44.0 Å². The number of benzene rings is 1. The van der Waals surface area contributed by atoms with Crippen molar-refractivity contribution in [2.24, 2.45) is 7.05 Å². The van der Waals surface area contributed by atoms with Crippen LogP contribution in [0.2, 0.25) is 0 Å². The smallest absolute Gasteiger partial charge is 0.258 e. The lowest BCUT2D eigenvalue weighted by Gasteiger charge is -2.16. The summed E-state index contributed by atoms with van der Waals surface area (Å²) in [6, 6.07) is 5.97. The molecular weight excluding hydrogens is 306 g/mol. The molecule has 0 spiro atoms. The van der Waals surface area contributed by atoms with Crippen molar-refractivity contribution in [1.29, 1.82) is 0 Å². The molecule has 7 heteroatoms. The molecule has 1 aliphatic rings. The molecule has 3 aromatic rings. The van der Waals surface area contributed by atoms with Gasteiger partial charge >= 0.3 is 0 Å². The summed E-state index contributed by atoms with van der Waals surface area (Å²) in [6.07, 6.45) is 0.516. The van der Waals surface area contributed by atoms with Crippen molar-refractivity contribution >= 4 is 17.0 Å². The number of aliphatic hydroxyl groups is 1. The van der Waals surface area contributed by atoms with Crippen LogP contribution >= 0.6 is 0 Å². The molecule has 1 aliphatic heterocycles. The van der Waals surface area contributed by atoms with E-state index < -0.39 is 0 Å². The van der Waals surface area contributed by atoms with Crippen LogP contribution in [0.15, 0.2) is 22.7 Å². The molecule has 7 nitrogen and oxygen atoms in total. The Bertz CT molecular complexity index is 882. The lowest BCUT2D eigenvalue weighted by Crippen LogP contribution is -2.24. The van der Waals surface area contributed by atoms with Gasteiger partial charge in [0.2, 0.25) is 5.95 Å². The molecule has 1 atom stereocenters. The number of aryl methyl sites for hydroxylation is 1. The molecule has 2 aromatic heterocycles. The maximum atomic E-state index is 9.76. The van der Waals surface area contributed by atoms with Crippen molar-refractivity contribution in [3.63, 3.8) is 0 Å². The zero-order valence-electron chi connectivity index (χ0n) is 14.1. The van der Waals surface area contributed by atoms with E-state index in [1.165, 1.54) is 0 Å². The van der Waals surface area contributed by atoms with Crippen molar-refractivity contribution in [2.45, 2.75) is 32.3 Å². The van der Waals surface area contributed by atoms with Crippen LogP contribution in [0.3, 0.4) is 0 Å². The summed E-state index contributed by atoms with van der Waals surface area (Å²) in [6.45, 7) is 5.53. The highest BCUT2D eigenvalue weighted by atomic mass is 16.5. The Morgan fingerprint density at radius 1 is 1.29 bits per heavy atom. The van der Waals surface area contributed by atoms with Crippen molar-refractivity contribution in [2.75, 3.05) is 18.0 Å². The number of nitrogens with zero attached hydrogens (tertiary/aromatic N) is 5. The summed E-state index contributed by atoms with van der Waals surface area (Å²) in [7, 11) is 2.00. The van der Waals surface area contributed by atoms with Gasteiger partial charge in [-0.1, -0.05) is 19.0 Å². The van der Waals surface area contributed by atoms with Crippen LogP contribution in [0, 0.1) is 0 Å². The molecule has 0 radical (unpaired) electrons. The first-order chi connectivity index (χ1) is 11.5. The Balaban J connectivity index is 1.72. The molecule has 126 valence electrons. The third kappa shape index (κ3) is 2.45. The number of aliphatic hydroxyl groups excluding tert-OH is 1. The van der Waals surface area contributed by atoms with E-state index in [1.807, 2.05) is 39.1 Å². The Kier molecular flexibility index (Phi) is 3.53. The molecule has 1 aromatic carbocycles. The molecule has 1 saturated heterocycles. The van der Waals surface area contributed by atoms with E-state index in [1.54, 1.807) is 0 Å². The SMILES string of the molecule is CC(C)c1noc(-c2ccc3c(c2)nc(N2CC[C@H](O)C2)n3C)n1. The first kappa shape index (κ1) is 15.1. The van der Waals surface area contributed by atoms with Crippen LogP contribution in [0.1, 0.15) is 32.0 Å². The van der Waals surface area contributed by atoms with E-state index in [0.29, 0.717) is 18.3 Å². The van der Waals surface area contributed by atoms with E-state index in [-0.39, 0.29) is 12.0 Å². The van der Waals surface area contributed by atoms with E-state index in [2.05, 4.69) is 19.6 Å². The predicted molar refractivity (Wildman–Crippen MR) is 90.9 cm³/mol. The molecule has 4 rings (SSSR count). The number of rotatable bonds is 3. The van der Waals surface area contributed by atoms with E-state index in [4.69, 9.17) is 9.51 Å². The summed E-state index contributed by atoms with van der Waals surface area (Å²) in [5.41, 5.74) is 2.79. The fourth-order valence-electron chi connectivity index (χ4n) is 3.11. The van der Waals surface area contributed by atoms with Crippen molar-refractivity contribution in [3.05, 3.63) is 24.0 Å². The lowest BCUT2D eigenvalue weighted by atomic mass is 10.2. The molecule has 0 bridgehead atoms. The van der Waals surface area contributed by atoms with Gasteiger partial charge in [-0.25, -0.2) is 4.98 Å². The first-order valence-corrected chi connectivity index (χ1v) is 8.26. The summed E-state index contributed by atoms with van der Waals surface area (Å²) in [4.78, 5) is 11.3. The van der Waals surface area contributed by atoms with Gasteiger partial charge in [0.05, 0.1) is 17.1 Å². The standard InChI is InChI=1S/C17H21N5O2/c1-10(2)15-19-16(24-20-15)11-4-5-14-13(8-11)18-17(21(14)3)22-7-6-12(23)9-22/h4-5,8,10,12,23H,6-7,9H2,1-3H3/t12-/m0/s1. The second kappa shape index (κ2) is 5.59. The Morgan fingerprint density at radius 3 is 2.79 bits per heavy atom. The van der Waals surface area contributed by atoms with Crippen LogP contribution in [0.25, 0.3) is 22.5 Å². The Hall–Kier alpha value is -2.41. The minimum atomic E-state index is -0.270. The third-order valence-corrected chi connectivity index (χ3v) is 4.51. The molecule has 24 heavy (non-hydrogen) atoms. The molecule has 1 fully saturated rings. The molecular formula is C17H21N5O2. The van der Waals surface area contributed by atoms with Crippen LogP contribution in [-0.2, 0) is 7.05 Å². The van der Waals surface area contributed by atoms with E-state index in [0.717, 1.165) is 35.5 Å². The van der Waals surface area contributed by atoms with Crippen LogP contribution in [0.5, 0.6) is 0 Å². The zero-order valence-corrected chi connectivity index (χ0v) is 14.1. The molecule has 3 heterocycles. The average molecular weight is 327 g/mol. The average Bonchev–Trinajstić information content (AvgIpc) is 3.26. The van der Waals surface area contributed by atoms with Gasteiger partial charge in [0, 0.05) is 31.6 Å². The monoisotopic (exact) mass is 327 g/mol. The number of hydrogen-bond acceptors (Lipinski definition) is 6. The number of anilines is 1. The second-order valence-electron chi connectivity index (χ2n) is 6.68. The van der Waals surface area contributed by atoms with Gasteiger partial charge in [-0.15, -0.1) is 0 Å². The maximum Gasteiger partial charge on any atom is 0.258 e. The fraction of sp³-hybridized carbons (Fsp3) is 0.471. The summed E-state index contributed by atoms with van der Waals surface area (Å²) in [5, 5.41) is 13.8. The van der Waals surface area contributed by atoms with Gasteiger partial charge in [-0.2, -0.15) is 4.98 Å². The Labute approximate surface area is 139 Å².